The average Bonchev–Trinajstić information content (AvgIpc) is 3.42. The van der Waals surface area contributed by atoms with Crippen molar-refractivity contribution in [3.05, 3.63) is 76.3 Å². The van der Waals surface area contributed by atoms with Gasteiger partial charge in [0.15, 0.2) is 0 Å². The van der Waals surface area contributed by atoms with Gasteiger partial charge in [-0.1, -0.05) is 22.9 Å². The van der Waals surface area contributed by atoms with E-state index in [1.165, 1.54) is 16.9 Å². The van der Waals surface area contributed by atoms with Crippen LogP contribution in [-0.2, 0) is 24.4 Å². The fourth-order valence-electron chi connectivity index (χ4n) is 2.62. The van der Waals surface area contributed by atoms with E-state index in [1.54, 1.807) is 24.5 Å². The number of hydrogen-bond donors (Lipinski definition) is 1. The monoisotopic (exact) mass is 421 g/mol. The number of rotatable bonds is 8. The predicted octanol–water partition coefficient (Wildman–Crippen LogP) is 3.33. The van der Waals surface area contributed by atoms with Crippen molar-refractivity contribution in [1.82, 2.24) is 25.4 Å². The Labute approximate surface area is 177 Å². The summed E-state index contributed by atoms with van der Waals surface area (Å²) in [4.78, 5) is 24.9. The van der Waals surface area contributed by atoms with Crippen LogP contribution in [0.1, 0.15) is 22.2 Å². The predicted molar refractivity (Wildman–Crippen MR) is 111 cm³/mol. The lowest BCUT2D eigenvalue weighted by Gasteiger charge is -2.04. The third-order valence-corrected chi connectivity index (χ3v) is 5.04. The van der Waals surface area contributed by atoms with E-state index in [1.807, 2.05) is 36.6 Å². The molecule has 0 saturated heterocycles. The summed E-state index contributed by atoms with van der Waals surface area (Å²) in [6.45, 7) is 2.56. The molecule has 0 radical (unpaired) electrons. The van der Waals surface area contributed by atoms with Crippen LogP contribution in [0, 0.1) is 6.92 Å². The SMILES string of the molecule is Cc1ccc(OCc2nc(CC(=O)NCc3nc(-c4ccncc4)no3)cs2)cc1. The lowest BCUT2D eigenvalue weighted by Crippen LogP contribution is -2.24. The van der Waals surface area contributed by atoms with Crippen LogP contribution in [0.2, 0.25) is 0 Å². The van der Waals surface area contributed by atoms with Gasteiger partial charge in [0.2, 0.25) is 17.6 Å². The number of carbonyl (C=O) groups excluding carboxylic acids is 1. The quantitative estimate of drug-likeness (QED) is 0.465. The molecule has 0 spiro atoms. The molecule has 3 aromatic heterocycles. The van der Waals surface area contributed by atoms with E-state index in [9.17, 15) is 4.79 Å². The van der Waals surface area contributed by atoms with Gasteiger partial charge in [-0.05, 0) is 31.2 Å². The zero-order valence-electron chi connectivity index (χ0n) is 16.2. The second-order valence-electron chi connectivity index (χ2n) is 6.54. The van der Waals surface area contributed by atoms with Gasteiger partial charge in [-0.25, -0.2) is 4.98 Å². The second kappa shape index (κ2) is 9.27. The molecule has 0 aliphatic carbocycles. The first kappa shape index (κ1) is 19.7. The van der Waals surface area contributed by atoms with Crippen molar-refractivity contribution in [3.63, 3.8) is 0 Å². The van der Waals surface area contributed by atoms with Crippen LogP contribution < -0.4 is 10.1 Å². The standard InChI is InChI=1S/C21H19N5O3S/c1-14-2-4-17(5-3-14)28-12-20-24-16(13-30-20)10-18(27)23-11-19-25-21(26-29-19)15-6-8-22-9-7-15/h2-9,13H,10-12H2,1H3,(H,23,27). The number of pyridine rings is 1. The molecule has 0 atom stereocenters. The van der Waals surface area contributed by atoms with E-state index in [0.717, 1.165) is 16.3 Å². The largest absolute Gasteiger partial charge is 0.486 e. The molecule has 152 valence electrons. The minimum absolute atomic E-state index is 0.157. The fourth-order valence-corrected chi connectivity index (χ4v) is 3.33. The lowest BCUT2D eigenvalue weighted by atomic mass is 10.2. The zero-order valence-corrected chi connectivity index (χ0v) is 17.1. The van der Waals surface area contributed by atoms with Crippen molar-refractivity contribution >= 4 is 17.2 Å². The smallest absolute Gasteiger partial charge is 0.246 e. The van der Waals surface area contributed by atoms with Gasteiger partial charge in [0.1, 0.15) is 17.4 Å². The Balaban J connectivity index is 1.24. The van der Waals surface area contributed by atoms with E-state index < -0.39 is 0 Å². The van der Waals surface area contributed by atoms with Crippen molar-refractivity contribution in [2.75, 3.05) is 0 Å². The van der Waals surface area contributed by atoms with Crippen LogP contribution in [-0.4, -0.2) is 26.0 Å². The highest BCUT2D eigenvalue weighted by molar-refractivity contribution is 7.09. The second-order valence-corrected chi connectivity index (χ2v) is 7.48. The Kier molecular flexibility index (Phi) is 6.09. The number of aryl methyl sites for hydroxylation is 1. The molecule has 0 unspecified atom stereocenters. The van der Waals surface area contributed by atoms with Gasteiger partial charge < -0.3 is 14.6 Å². The summed E-state index contributed by atoms with van der Waals surface area (Å²) in [6, 6.07) is 11.4. The van der Waals surface area contributed by atoms with Crippen molar-refractivity contribution in [1.29, 1.82) is 0 Å². The van der Waals surface area contributed by atoms with Crippen LogP contribution >= 0.6 is 11.3 Å². The number of nitrogens with one attached hydrogen (secondary N) is 1. The Bertz CT molecular complexity index is 1110. The van der Waals surface area contributed by atoms with Crippen molar-refractivity contribution in [3.8, 4) is 17.1 Å². The van der Waals surface area contributed by atoms with Crippen LogP contribution in [0.5, 0.6) is 5.75 Å². The number of nitrogens with zero attached hydrogens (tertiary/aromatic N) is 4. The molecule has 1 N–H and O–H groups in total. The molecule has 0 aliphatic heterocycles. The molecule has 0 aliphatic rings. The Morgan fingerprint density at radius 1 is 1.13 bits per heavy atom. The van der Waals surface area contributed by atoms with Gasteiger partial charge in [0, 0.05) is 23.3 Å². The van der Waals surface area contributed by atoms with Gasteiger partial charge in [0.25, 0.3) is 0 Å². The minimum Gasteiger partial charge on any atom is -0.486 e. The molecular formula is C21H19N5O3S. The maximum absolute atomic E-state index is 12.2. The Hall–Kier alpha value is -3.59. The van der Waals surface area contributed by atoms with E-state index in [0.29, 0.717) is 24.0 Å². The topological polar surface area (TPSA) is 103 Å². The highest BCUT2D eigenvalue weighted by Gasteiger charge is 2.12. The fraction of sp³-hybridized carbons (Fsp3) is 0.190. The first-order valence-electron chi connectivity index (χ1n) is 9.28. The van der Waals surface area contributed by atoms with Gasteiger partial charge in [-0.2, -0.15) is 4.98 Å². The molecule has 0 bridgehead atoms. The molecule has 9 heteroatoms. The van der Waals surface area contributed by atoms with Crippen LogP contribution in [0.15, 0.2) is 58.7 Å². The van der Waals surface area contributed by atoms with Crippen molar-refractivity contribution < 1.29 is 14.1 Å². The van der Waals surface area contributed by atoms with Crippen LogP contribution in [0.3, 0.4) is 0 Å². The summed E-state index contributed by atoms with van der Waals surface area (Å²) in [6.07, 6.45) is 3.48. The van der Waals surface area contributed by atoms with Crippen molar-refractivity contribution in [2.45, 2.75) is 26.5 Å². The number of amides is 1. The van der Waals surface area contributed by atoms with Crippen molar-refractivity contribution in [2.24, 2.45) is 0 Å². The molecular weight excluding hydrogens is 402 g/mol. The molecule has 8 nitrogen and oxygen atoms in total. The summed E-state index contributed by atoms with van der Waals surface area (Å²) >= 11 is 1.47. The van der Waals surface area contributed by atoms with Gasteiger partial charge in [0.05, 0.1) is 18.7 Å². The first-order chi connectivity index (χ1) is 14.7. The third-order valence-electron chi connectivity index (χ3n) is 4.17. The van der Waals surface area contributed by atoms with E-state index >= 15 is 0 Å². The number of hydrogen-bond acceptors (Lipinski definition) is 8. The van der Waals surface area contributed by atoms with E-state index in [2.05, 4.69) is 25.4 Å². The number of ether oxygens (including phenoxy) is 1. The number of carbonyl (C=O) groups is 1. The van der Waals surface area contributed by atoms with Crippen LogP contribution in [0.4, 0.5) is 0 Å². The minimum atomic E-state index is -0.171. The third kappa shape index (κ3) is 5.26. The molecule has 1 aromatic carbocycles. The number of aromatic nitrogens is 4. The van der Waals surface area contributed by atoms with Gasteiger partial charge >= 0.3 is 0 Å². The van der Waals surface area contributed by atoms with E-state index in [4.69, 9.17) is 9.26 Å². The molecule has 0 fully saturated rings. The highest BCUT2D eigenvalue weighted by atomic mass is 32.1. The normalized spacial score (nSPS) is 10.7. The summed E-state index contributed by atoms with van der Waals surface area (Å²) in [5.41, 5.74) is 2.68. The maximum atomic E-state index is 12.2. The Morgan fingerprint density at radius 2 is 1.93 bits per heavy atom. The first-order valence-corrected chi connectivity index (χ1v) is 10.2. The zero-order chi connectivity index (χ0) is 20.8. The summed E-state index contributed by atoms with van der Waals surface area (Å²) < 4.78 is 10.9. The summed E-state index contributed by atoms with van der Waals surface area (Å²) in [5, 5.41) is 9.36. The Morgan fingerprint density at radius 3 is 2.73 bits per heavy atom. The molecule has 4 rings (SSSR count). The number of thiazole rings is 1. The van der Waals surface area contributed by atoms with Gasteiger partial charge in [-0.3, -0.25) is 9.78 Å². The van der Waals surface area contributed by atoms with Gasteiger partial charge in [-0.15, -0.1) is 11.3 Å². The lowest BCUT2D eigenvalue weighted by molar-refractivity contribution is -0.120. The average molecular weight is 421 g/mol. The molecule has 30 heavy (non-hydrogen) atoms. The molecule has 0 saturated carbocycles. The summed E-state index contributed by atoms with van der Waals surface area (Å²) in [7, 11) is 0. The maximum Gasteiger partial charge on any atom is 0.246 e. The highest BCUT2D eigenvalue weighted by Crippen LogP contribution is 2.17. The van der Waals surface area contributed by atoms with E-state index in [-0.39, 0.29) is 18.9 Å². The molecule has 4 aromatic rings. The number of benzene rings is 1. The summed E-state index contributed by atoms with van der Waals surface area (Å²) in [5.74, 6) is 1.41. The molecule has 3 heterocycles. The van der Waals surface area contributed by atoms with Crippen LogP contribution in [0.25, 0.3) is 11.4 Å². The molecule has 1 amide bonds.